The Labute approximate surface area is 178 Å². The molecule has 0 N–H and O–H groups in total. The molecular weight excluding hydrogens is 380 g/mol. The maximum Gasteiger partial charge on any atom is 0.226 e. The number of hydrogen-bond donors (Lipinski definition) is 0. The number of piperidine rings is 1. The summed E-state index contributed by atoms with van der Waals surface area (Å²) in [6, 6.07) is 0.429. The number of aromatic nitrogens is 2. The zero-order valence-corrected chi connectivity index (χ0v) is 19.3. The van der Waals surface area contributed by atoms with Gasteiger partial charge in [-0.1, -0.05) is 20.8 Å². The van der Waals surface area contributed by atoms with E-state index in [9.17, 15) is 4.79 Å². The van der Waals surface area contributed by atoms with Crippen molar-refractivity contribution in [1.29, 1.82) is 0 Å². The Balaban J connectivity index is 1.44. The highest BCUT2D eigenvalue weighted by Gasteiger charge is 2.36. The summed E-state index contributed by atoms with van der Waals surface area (Å²) in [4.78, 5) is 29.4. The smallest absolute Gasteiger partial charge is 0.226 e. The van der Waals surface area contributed by atoms with E-state index in [0.717, 1.165) is 62.4 Å². The first kappa shape index (κ1) is 20.6. The summed E-state index contributed by atoms with van der Waals surface area (Å²) >= 11 is 1.75. The molecule has 1 atom stereocenters. The van der Waals surface area contributed by atoms with Crippen molar-refractivity contribution >= 4 is 33.3 Å². The molecule has 1 amide bonds. The molecule has 5 nitrogen and oxygen atoms in total. The van der Waals surface area contributed by atoms with Crippen molar-refractivity contribution < 1.29 is 4.79 Å². The average molecular weight is 415 g/mol. The summed E-state index contributed by atoms with van der Waals surface area (Å²) in [6.45, 7) is 13.9. The van der Waals surface area contributed by atoms with Crippen LogP contribution in [-0.2, 0) is 4.79 Å². The zero-order chi connectivity index (χ0) is 20.8. The minimum atomic E-state index is 0.162. The normalized spacial score (nSPS) is 21.3. The molecule has 4 heterocycles. The lowest BCUT2D eigenvalue weighted by Gasteiger charge is -2.37. The van der Waals surface area contributed by atoms with Crippen LogP contribution in [-0.4, -0.2) is 46.5 Å². The van der Waals surface area contributed by atoms with Crippen molar-refractivity contribution in [1.82, 2.24) is 14.9 Å². The van der Waals surface area contributed by atoms with Gasteiger partial charge in [-0.25, -0.2) is 9.97 Å². The minimum Gasteiger partial charge on any atom is -0.356 e. The Morgan fingerprint density at radius 2 is 1.86 bits per heavy atom. The SMILES string of the molecule is Cc1sc2ncnc(N3CCC(C(=O)N4CCCC4CC(C)(C)C)CC3)c2c1C. The number of likely N-dealkylation sites (tertiary alicyclic amines) is 1. The molecule has 0 bridgehead atoms. The number of carbonyl (C=O) groups excluding carboxylic acids is 1. The van der Waals surface area contributed by atoms with Gasteiger partial charge in [-0.2, -0.15) is 0 Å². The molecule has 0 aliphatic carbocycles. The molecular formula is C23H34N4OS. The van der Waals surface area contributed by atoms with Crippen LogP contribution >= 0.6 is 11.3 Å². The second-order valence-electron chi connectivity index (χ2n) is 10.0. The highest BCUT2D eigenvalue weighted by Crippen LogP contribution is 2.37. The Morgan fingerprint density at radius 1 is 1.14 bits per heavy atom. The highest BCUT2D eigenvalue weighted by molar-refractivity contribution is 7.18. The average Bonchev–Trinajstić information content (AvgIpc) is 3.24. The summed E-state index contributed by atoms with van der Waals surface area (Å²) in [6.07, 6.45) is 6.95. The molecule has 0 spiro atoms. The maximum absolute atomic E-state index is 13.3. The van der Waals surface area contributed by atoms with Crippen LogP contribution in [0.3, 0.4) is 0 Å². The van der Waals surface area contributed by atoms with Crippen LogP contribution in [0, 0.1) is 25.2 Å². The van der Waals surface area contributed by atoms with Gasteiger partial charge >= 0.3 is 0 Å². The van der Waals surface area contributed by atoms with Crippen molar-refractivity contribution in [2.75, 3.05) is 24.5 Å². The van der Waals surface area contributed by atoms with E-state index < -0.39 is 0 Å². The molecule has 0 saturated carbocycles. The standard InChI is InChI=1S/C23H34N4OS/c1-15-16(2)29-21-19(15)20(24-14-25-21)26-11-8-17(9-12-26)22(28)27-10-6-7-18(27)13-23(3,4)5/h14,17-18H,6-13H2,1-5H3. The van der Waals surface area contributed by atoms with Gasteiger partial charge in [-0.3, -0.25) is 4.79 Å². The monoisotopic (exact) mass is 414 g/mol. The van der Waals surface area contributed by atoms with Crippen LogP contribution in [0.15, 0.2) is 6.33 Å². The van der Waals surface area contributed by atoms with E-state index in [1.165, 1.54) is 15.8 Å². The summed E-state index contributed by atoms with van der Waals surface area (Å²) in [5.74, 6) is 1.61. The molecule has 1 unspecified atom stereocenters. The van der Waals surface area contributed by atoms with Crippen molar-refractivity contribution in [2.45, 2.75) is 72.8 Å². The van der Waals surface area contributed by atoms with E-state index in [-0.39, 0.29) is 11.3 Å². The third-order valence-corrected chi connectivity index (χ3v) is 7.71. The molecule has 2 aliphatic rings. The Kier molecular flexibility index (Phi) is 5.58. The quantitative estimate of drug-likeness (QED) is 0.713. The molecule has 2 saturated heterocycles. The number of rotatable bonds is 3. The van der Waals surface area contributed by atoms with Crippen LogP contribution in [0.4, 0.5) is 5.82 Å². The second kappa shape index (κ2) is 7.86. The Morgan fingerprint density at radius 3 is 2.55 bits per heavy atom. The number of thiophene rings is 1. The summed E-state index contributed by atoms with van der Waals surface area (Å²) < 4.78 is 0. The van der Waals surface area contributed by atoms with E-state index in [2.05, 4.69) is 54.4 Å². The van der Waals surface area contributed by atoms with Gasteiger partial charge in [0.15, 0.2) is 0 Å². The van der Waals surface area contributed by atoms with Gasteiger partial charge < -0.3 is 9.80 Å². The van der Waals surface area contributed by atoms with E-state index in [1.54, 1.807) is 17.7 Å². The maximum atomic E-state index is 13.3. The topological polar surface area (TPSA) is 49.3 Å². The number of fused-ring (bicyclic) bond motifs is 1. The molecule has 2 fully saturated rings. The lowest BCUT2D eigenvalue weighted by atomic mass is 9.86. The second-order valence-corrected chi connectivity index (χ2v) is 11.2. The van der Waals surface area contributed by atoms with Gasteiger partial charge in [0.05, 0.1) is 5.39 Å². The van der Waals surface area contributed by atoms with Crippen molar-refractivity contribution in [3.05, 3.63) is 16.8 Å². The molecule has 29 heavy (non-hydrogen) atoms. The lowest BCUT2D eigenvalue weighted by molar-refractivity contribution is -0.137. The first-order valence-electron chi connectivity index (χ1n) is 11.0. The summed E-state index contributed by atoms with van der Waals surface area (Å²) in [5, 5.41) is 1.20. The number of hydrogen-bond acceptors (Lipinski definition) is 5. The van der Waals surface area contributed by atoms with Gasteiger partial charge in [0.25, 0.3) is 0 Å². The number of aryl methyl sites for hydroxylation is 2. The van der Waals surface area contributed by atoms with Gasteiger partial charge in [-0.15, -0.1) is 11.3 Å². The minimum absolute atomic E-state index is 0.162. The zero-order valence-electron chi connectivity index (χ0n) is 18.5. The van der Waals surface area contributed by atoms with Crippen molar-refractivity contribution in [3.63, 3.8) is 0 Å². The molecule has 4 rings (SSSR count). The molecule has 2 aliphatic heterocycles. The van der Waals surface area contributed by atoms with E-state index >= 15 is 0 Å². The van der Waals surface area contributed by atoms with Crippen LogP contribution in [0.25, 0.3) is 10.2 Å². The molecule has 2 aromatic heterocycles. The van der Waals surface area contributed by atoms with Crippen LogP contribution in [0.5, 0.6) is 0 Å². The van der Waals surface area contributed by atoms with Crippen LogP contribution in [0.1, 0.15) is 63.3 Å². The first-order chi connectivity index (χ1) is 13.7. The fourth-order valence-electron chi connectivity index (χ4n) is 5.02. The van der Waals surface area contributed by atoms with E-state index in [4.69, 9.17) is 0 Å². The fourth-order valence-corrected chi connectivity index (χ4v) is 6.01. The number of anilines is 1. The third kappa shape index (κ3) is 4.14. The fraction of sp³-hybridized carbons (Fsp3) is 0.696. The van der Waals surface area contributed by atoms with Gasteiger partial charge in [-0.05, 0) is 56.9 Å². The molecule has 6 heteroatoms. The molecule has 158 valence electrons. The molecule has 2 aromatic rings. The number of amides is 1. The number of carbonyl (C=O) groups is 1. The lowest BCUT2D eigenvalue weighted by Crippen LogP contribution is -2.45. The van der Waals surface area contributed by atoms with E-state index in [0.29, 0.717) is 11.9 Å². The Hall–Kier alpha value is -1.69. The molecule has 0 radical (unpaired) electrons. The predicted molar refractivity (Wildman–Crippen MR) is 121 cm³/mol. The van der Waals surface area contributed by atoms with E-state index in [1.807, 2.05) is 0 Å². The van der Waals surface area contributed by atoms with Crippen molar-refractivity contribution in [3.8, 4) is 0 Å². The highest BCUT2D eigenvalue weighted by atomic mass is 32.1. The largest absolute Gasteiger partial charge is 0.356 e. The third-order valence-electron chi connectivity index (χ3n) is 6.60. The van der Waals surface area contributed by atoms with Gasteiger partial charge in [0.1, 0.15) is 17.0 Å². The van der Waals surface area contributed by atoms with Crippen LogP contribution in [0.2, 0.25) is 0 Å². The van der Waals surface area contributed by atoms with Gasteiger partial charge in [0, 0.05) is 36.5 Å². The van der Waals surface area contributed by atoms with Crippen LogP contribution < -0.4 is 4.90 Å². The first-order valence-corrected chi connectivity index (χ1v) is 11.8. The number of nitrogens with zero attached hydrogens (tertiary/aromatic N) is 4. The molecule has 0 aromatic carbocycles. The Bertz CT molecular complexity index is 892. The summed E-state index contributed by atoms with van der Waals surface area (Å²) in [5.41, 5.74) is 1.56. The van der Waals surface area contributed by atoms with Crippen molar-refractivity contribution in [2.24, 2.45) is 11.3 Å². The summed E-state index contributed by atoms with van der Waals surface area (Å²) in [7, 11) is 0. The van der Waals surface area contributed by atoms with Gasteiger partial charge in [0.2, 0.25) is 5.91 Å². The predicted octanol–water partition coefficient (Wildman–Crippen LogP) is 4.95.